The van der Waals surface area contributed by atoms with Gasteiger partial charge in [-0.15, -0.1) is 6.58 Å². The van der Waals surface area contributed by atoms with Gasteiger partial charge in [0, 0.05) is 26.2 Å². The number of nitrogens with two attached hydrogens (primary N) is 1. The summed E-state index contributed by atoms with van der Waals surface area (Å²) in [6.07, 6.45) is 1.93. The van der Waals surface area contributed by atoms with Gasteiger partial charge in [-0.1, -0.05) is 29.8 Å². The first-order valence-corrected chi connectivity index (χ1v) is 5.77. The highest BCUT2D eigenvalue weighted by atomic mass is 15.1. The fraction of sp³-hybridized carbons (Fsp3) is 0.429. The van der Waals surface area contributed by atoms with Crippen molar-refractivity contribution in [3.63, 3.8) is 0 Å². The third-order valence-electron chi connectivity index (χ3n) is 2.72. The Morgan fingerprint density at radius 3 is 2.69 bits per heavy atom. The Bertz CT molecular complexity index is 345. The Balaban J connectivity index is 2.72. The van der Waals surface area contributed by atoms with E-state index in [1.54, 1.807) is 0 Å². The van der Waals surface area contributed by atoms with Gasteiger partial charge in [-0.2, -0.15) is 0 Å². The van der Waals surface area contributed by atoms with Gasteiger partial charge in [-0.25, -0.2) is 0 Å². The number of benzene rings is 1. The molecule has 0 heterocycles. The first-order valence-electron chi connectivity index (χ1n) is 5.77. The van der Waals surface area contributed by atoms with Crippen LogP contribution in [0.2, 0.25) is 0 Å². The molecule has 88 valence electrons. The number of aryl methyl sites for hydroxylation is 2. The standard InChI is InChI=1S/C14H22N2/c1-4-8-16(9-7-15)11-14-6-5-12(2)10-13(14)3/h4-6,10H,1,7-9,11,15H2,2-3H3. The topological polar surface area (TPSA) is 29.3 Å². The lowest BCUT2D eigenvalue weighted by molar-refractivity contribution is 0.302. The second-order valence-electron chi connectivity index (χ2n) is 4.24. The fourth-order valence-electron chi connectivity index (χ4n) is 1.86. The fourth-order valence-corrected chi connectivity index (χ4v) is 1.86. The number of hydrogen-bond acceptors (Lipinski definition) is 2. The molecule has 0 saturated heterocycles. The van der Waals surface area contributed by atoms with Crippen molar-refractivity contribution in [1.82, 2.24) is 4.90 Å². The lowest BCUT2D eigenvalue weighted by Crippen LogP contribution is -2.29. The molecule has 0 fully saturated rings. The summed E-state index contributed by atoms with van der Waals surface area (Å²) in [5.74, 6) is 0. The summed E-state index contributed by atoms with van der Waals surface area (Å²) in [5.41, 5.74) is 9.64. The molecule has 1 aromatic carbocycles. The molecule has 2 N–H and O–H groups in total. The third-order valence-corrected chi connectivity index (χ3v) is 2.72. The van der Waals surface area contributed by atoms with Crippen LogP contribution in [-0.2, 0) is 6.54 Å². The lowest BCUT2D eigenvalue weighted by atomic mass is 10.1. The zero-order valence-corrected chi connectivity index (χ0v) is 10.4. The molecule has 2 heteroatoms. The van der Waals surface area contributed by atoms with Crippen molar-refractivity contribution in [2.24, 2.45) is 5.73 Å². The average Bonchev–Trinajstić information content (AvgIpc) is 2.23. The van der Waals surface area contributed by atoms with Crippen LogP contribution in [0.1, 0.15) is 16.7 Å². The van der Waals surface area contributed by atoms with Gasteiger partial charge in [0.1, 0.15) is 0 Å². The first-order chi connectivity index (χ1) is 7.67. The molecule has 0 aromatic heterocycles. The van der Waals surface area contributed by atoms with Crippen LogP contribution >= 0.6 is 0 Å². The maximum atomic E-state index is 5.60. The highest BCUT2D eigenvalue weighted by Crippen LogP contribution is 2.12. The Labute approximate surface area is 98.8 Å². The minimum atomic E-state index is 0.693. The van der Waals surface area contributed by atoms with Gasteiger partial charge >= 0.3 is 0 Å². The van der Waals surface area contributed by atoms with Gasteiger partial charge in [0.15, 0.2) is 0 Å². The van der Waals surface area contributed by atoms with Crippen LogP contribution < -0.4 is 5.73 Å². The van der Waals surface area contributed by atoms with Gasteiger partial charge in [0.05, 0.1) is 0 Å². The summed E-state index contributed by atoms with van der Waals surface area (Å²) < 4.78 is 0. The number of nitrogens with zero attached hydrogens (tertiary/aromatic N) is 1. The van der Waals surface area contributed by atoms with Crippen molar-refractivity contribution in [3.8, 4) is 0 Å². The van der Waals surface area contributed by atoms with E-state index >= 15 is 0 Å². The minimum Gasteiger partial charge on any atom is -0.329 e. The minimum absolute atomic E-state index is 0.693. The lowest BCUT2D eigenvalue weighted by Gasteiger charge is -2.21. The summed E-state index contributed by atoms with van der Waals surface area (Å²) in [7, 11) is 0. The van der Waals surface area contributed by atoms with E-state index in [9.17, 15) is 0 Å². The summed E-state index contributed by atoms with van der Waals surface area (Å²) in [5, 5.41) is 0. The smallest absolute Gasteiger partial charge is 0.0240 e. The maximum absolute atomic E-state index is 5.60. The molecule has 0 bridgehead atoms. The number of hydrogen-bond donors (Lipinski definition) is 1. The van der Waals surface area contributed by atoms with Crippen molar-refractivity contribution in [1.29, 1.82) is 0 Å². The zero-order chi connectivity index (χ0) is 12.0. The molecule has 0 aliphatic rings. The monoisotopic (exact) mass is 218 g/mol. The Kier molecular flexibility index (Phi) is 5.23. The van der Waals surface area contributed by atoms with E-state index < -0.39 is 0 Å². The molecule has 0 aliphatic carbocycles. The average molecular weight is 218 g/mol. The van der Waals surface area contributed by atoms with Crippen molar-refractivity contribution < 1.29 is 0 Å². The van der Waals surface area contributed by atoms with Crippen LogP contribution in [-0.4, -0.2) is 24.5 Å². The molecule has 0 unspecified atom stereocenters. The molecule has 0 saturated carbocycles. The van der Waals surface area contributed by atoms with Crippen LogP contribution in [0.25, 0.3) is 0 Å². The van der Waals surface area contributed by atoms with Crippen molar-refractivity contribution in [2.45, 2.75) is 20.4 Å². The highest BCUT2D eigenvalue weighted by Gasteiger charge is 2.05. The molecular formula is C14H22N2. The molecule has 16 heavy (non-hydrogen) atoms. The van der Waals surface area contributed by atoms with Crippen LogP contribution in [0.4, 0.5) is 0 Å². The van der Waals surface area contributed by atoms with E-state index in [2.05, 4.69) is 43.5 Å². The van der Waals surface area contributed by atoms with Gasteiger partial charge in [-0.05, 0) is 25.0 Å². The van der Waals surface area contributed by atoms with Crippen molar-refractivity contribution >= 4 is 0 Å². The van der Waals surface area contributed by atoms with Crippen LogP contribution in [0, 0.1) is 13.8 Å². The van der Waals surface area contributed by atoms with Crippen LogP contribution in [0.15, 0.2) is 30.9 Å². The second kappa shape index (κ2) is 6.46. The molecule has 0 atom stereocenters. The Morgan fingerprint density at radius 1 is 1.38 bits per heavy atom. The molecule has 1 rings (SSSR count). The van der Waals surface area contributed by atoms with E-state index in [0.717, 1.165) is 19.6 Å². The molecular weight excluding hydrogens is 196 g/mol. The summed E-state index contributed by atoms with van der Waals surface area (Å²) in [4.78, 5) is 2.31. The predicted octanol–water partition coefficient (Wildman–Crippen LogP) is 2.25. The predicted molar refractivity (Wildman–Crippen MR) is 70.4 cm³/mol. The maximum Gasteiger partial charge on any atom is 0.0240 e. The normalized spacial score (nSPS) is 10.8. The molecule has 1 aromatic rings. The quantitative estimate of drug-likeness (QED) is 0.742. The number of rotatable bonds is 6. The van der Waals surface area contributed by atoms with Crippen LogP contribution in [0.5, 0.6) is 0 Å². The summed E-state index contributed by atoms with van der Waals surface area (Å²) in [6.45, 7) is 11.5. The zero-order valence-electron chi connectivity index (χ0n) is 10.4. The van der Waals surface area contributed by atoms with E-state index in [-0.39, 0.29) is 0 Å². The Hall–Kier alpha value is -1.12. The second-order valence-corrected chi connectivity index (χ2v) is 4.24. The molecule has 0 amide bonds. The SMILES string of the molecule is C=CCN(CCN)Cc1ccc(C)cc1C. The van der Waals surface area contributed by atoms with E-state index in [0.29, 0.717) is 6.54 Å². The van der Waals surface area contributed by atoms with Gasteiger partial charge < -0.3 is 5.73 Å². The summed E-state index contributed by atoms with van der Waals surface area (Å²) in [6, 6.07) is 6.60. The highest BCUT2D eigenvalue weighted by molar-refractivity contribution is 5.30. The largest absolute Gasteiger partial charge is 0.329 e. The molecule has 0 spiro atoms. The van der Waals surface area contributed by atoms with E-state index in [1.807, 2.05) is 6.08 Å². The summed E-state index contributed by atoms with van der Waals surface area (Å²) >= 11 is 0. The van der Waals surface area contributed by atoms with E-state index in [4.69, 9.17) is 5.73 Å². The molecule has 0 aliphatic heterocycles. The van der Waals surface area contributed by atoms with E-state index in [1.165, 1.54) is 16.7 Å². The molecule has 0 radical (unpaired) electrons. The third kappa shape index (κ3) is 3.80. The molecule has 2 nitrogen and oxygen atoms in total. The van der Waals surface area contributed by atoms with Crippen LogP contribution in [0.3, 0.4) is 0 Å². The van der Waals surface area contributed by atoms with Gasteiger partial charge in [0.25, 0.3) is 0 Å². The van der Waals surface area contributed by atoms with Crippen molar-refractivity contribution in [3.05, 3.63) is 47.5 Å². The van der Waals surface area contributed by atoms with Gasteiger partial charge in [0.2, 0.25) is 0 Å². The van der Waals surface area contributed by atoms with Crippen molar-refractivity contribution in [2.75, 3.05) is 19.6 Å². The Morgan fingerprint density at radius 2 is 2.12 bits per heavy atom. The first kappa shape index (κ1) is 12.9. The van der Waals surface area contributed by atoms with Gasteiger partial charge in [-0.3, -0.25) is 4.90 Å².